The van der Waals surface area contributed by atoms with Gasteiger partial charge in [0.1, 0.15) is 0 Å². The maximum Gasteiger partial charge on any atom is 5.00 e. The molecule has 0 unspecified atom stereocenters. The first-order valence-electron chi connectivity index (χ1n) is 0. The number of hydrogen-bond acceptors (Lipinski definition) is 0. The molecule has 0 N–H and O–H groups in total. The van der Waals surface area contributed by atoms with Crippen molar-refractivity contribution in [3.8, 4) is 0 Å². The van der Waals surface area contributed by atoms with E-state index in [1.165, 1.54) is 0 Å². The average molecular weight is 800 g/mol. The predicted octanol–water partition coefficient (Wildman–Crippen LogP) is -15.6. The second-order valence-corrected chi connectivity index (χ2v) is 0. The minimum Gasteiger partial charge on any atom is -2.00 e. The summed E-state index contributed by atoms with van der Waals surface area (Å²) < 4.78 is 0. The maximum atomic E-state index is 0. The summed E-state index contributed by atoms with van der Waals surface area (Å²) in [6.45, 7) is 0. The first kappa shape index (κ1) is 327. The van der Waals surface area contributed by atoms with Crippen LogP contribution in [0.4, 0.5) is 0 Å². The smallest absolute Gasteiger partial charge is 2.00 e. The van der Waals surface area contributed by atoms with Crippen LogP contribution in [0, 0.1) is 0 Å². The Morgan fingerprint density at radius 1 is 0.231 bits per heavy atom. The molecule has 0 heterocycles. The minimum absolute atomic E-state index is 0. The quantitative estimate of drug-likeness (QED) is 0.230. The van der Waals surface area contributed by atoms with Gasteiger partial charge in [-0.15, -0.1) is 0 Å². The fourth-order valence-corrected chi connectivity index (χ4v) is 0. The van der Waals surface area contributed by atoms with Crippen molar-refractivity contribution in [3.05, 3.63) is 0 Å². The van der Waals surface area contributed by atoms with Gasteiger partial charge in [-0.05, 0) is 0 Å². The van der Waals surface area contributed by atoms with Crippen LogP contribution in [0.15, 0.2) is 0 Å². The van der Waals surface area contributed by atoms with Crippen LogP contribution in [-0.4, -0.2) is 0 Å². The molecule has 0 fully saturated rings. The van der Waals surface area contributed by atoms with E-state index >= 15 is 0 Å². The van der Waals surface area contributed by atoms with Gasteiger partial charge in [0, 0.05) is 0 Å². The van der Waals surface area contributed by atoms with Crippen molar-refractivity contribution in [2.75, 3.05) is 0 Å². The van der Waals surface area contributed by atoms with E-state index in [0.29, 0.717) is 0 Å². The third-order valence-electron chi connectivity index (χ3n) is 0. The van der Waals surface area contributed by atoms with Crippen molar-refractivity contribution in [1.29, 1.82) is 0 Å². The maximum absolute atomic E-state index is 0. The molecule has 5 nitrogen and oxygen atoms in total. The third-order valence-corrected chi connectivity index (χ3v) is 0. The van der Waals surface area contributed by atoms with Gasteiger partial charge in [-0.3, -0.25) is 0 Å². The summed E-state index contributed by atoms with van der Waals surface area (Å²) >= 11 is 0. The topological polar surface area (TPSA) is 142 Å². The summed E-state index contributed by atoms with van der Waals surface area (Å²) in [6.07, 6.45) is 0. The van der Waals surface area contributed by atoms with E-state index in [1.807, 2.05) is 0 Å². The summed E-state index contributed by atoms with van der Waals surface area (Å²) in [7, 11) is 0. The molecule has 0 aliphatic carbocycles. The summed E-state index contributed by atoms with van der Waals surface area (Å²) in [6, 6.07) is 0. The minimum atomic E-state index is 0. The molecule has 0 amide bonds. The summed E-state index contributed by atoms with van der Waals surface area (Å²) in [5.41, 5.74) is 0. The Morgan fingerprint density at radius 2 is 0.231 bits per heavy atom. The first-order chi connectivity index (χ1) is 0. The van der Waals surface area contributed by atoms with Crippen molar-refractivity contribution >= 4 is 0 Å². The zero-order chi connectivity index (χ0) is 0. The molecule has 80 valence electrons. The first-order valence-corrected chi connectivity index (χ1v) is 0. The van der Waals surface area contributed by atoms with Gasteiger partial charge in [0.25, 0.3) is 0 Å². The second-order valence-electron chi connectivity index (χ2n) is 0. The van der Waals surface area contributed by atoms with Gasteiger partial charge in [-0.1, -0.05) is 0 Å². The van der Waals surface area contributed by atoms with Crippen molar-refractivity contribution < 1.29 is 157 Å². The molecule has 13 heavy (non-hydrogen) atoms. The molecule has 13 heteroatoms. The van der Waals surface area contributed by atoms with Crippen LogP contribution in [-0.2, 0) is 94.5 Å². The van der Waals surface area contributed by atoms with Gasteiger partial charge in [0.05, 0.1) is 0 Å². The van der Waals surface area contributed by atoms with Gasteiger partial charge in [-0.2, -0.15) is 0 Å². The number of rotatable bonds is 0. The Kier molecular flexibility index (Phi) is 6770. The molecule has 0 radical (unpaired) electrons. The molecular weight excluding hydrogens is 800 g/mol. The Balaban J connectivity index is 0. The van der Waals surface area contributed by atoms with E-state index in [9.17, 15) is 0 Å². The summed E-state index contributed by atoms with van der Waals surface area (Å²) in [5.74, 6) is 0. The molecular formula is Cl5O5Ta3. The van der Waals surface area contributed by atoms with Crippen molar-refractivity contribution in [2.24, 2.45) is 0 Å². The summed E-state index contributed by atoms with van der Waals surface area (Å²) in [4.78, 5) is 0. The standard InChI is InChI=1S/5ClH.5O.3Ta/h5*1H;;;;;;;;/q;;;;;5*-2;3*+5/p-5. The van der Waals surface area contributed by atoms with Crippen molar-refractivity contribution in [2.45, 2.75) is 0 Å². The monoisotopic (exact) mass is 798 g/mol. The number of hydrogen-bond donors (Lipinski definition) is 0. The molecule has 0 spiro atoms. The molecule has 0 aromatic carbocycles. The van der Waals surface area contributed by atoms with Crippen LogP contribution in [0.1, 0.15) is 0 Å². The van der Waals surface area contributed by atoms with Gasteiger partial charge in [0.15, 0.2) is 0 Å². The normalized spacial score (nSPS) is 0. The van der Waals surface area contributed by atoms with E-state index in [2.05, 4.69) is 0 Å². The zero-order valence-electron chi connectivity index (χ0n) is 5.27. The third kappa shape index (κ3) is 233. The van der Waals surface area contributed by atoms with Crippen LogP contribution in [0.5, 0.6) is 0 Å². The van der Waals surface area contributed by atoms with E-state index < -0.39 is 0 Å². The average Bonchev–Trinajstić information content (AvgIpc) is 0. The van der Waals surface area contributed by atoms with E-state index in [-0.39, 0.29) is 157 Å². The Bertz CT molecular complexity index is 20.1. The zero-order valence-corrected chi connectivity index (χ0v) is 18.7. The van der Waals surface area contributed by atoms with Crippen LogP contribution >= 0.6 is 0 Å². The summed E-state index contributed by atoms with van der Waals surface area (Å²) in [5, 5.41) is 0. The Labute approximate surface area is 154 Å². The van der Waals surface area contributed by atoms with Crippen molar-refractivity contribution in [3.63, 3.8) is 0 Å². The van der Waals surface area contributed by atoms with Crippen LogP contribution < -0.4 is 62.0 Å². The molecule has 0 aliphatic heterocycles. The molecule has 0 aromatic heterocycles. The van der Waals surface area contributed by atoms with Crippen molar-refractivity contribution in [1.82, 2.24) is 0 Å². The largest absolute Gasteiger partial charge is 5.00 e. The van der Waals surface area contributed by atoms with Gasteiger partial charge >= 0.3 is 67.1 Å². The van der Waals surface area contributed by atoms with Crippen LogP contribution in [0.2, 0.25) is 0 Å². The molecule has 0 aromatic rings. The van der Waals surface area contributed by atoms with E-state index in [0.717, 1.165) is 0 Å². The Hall–Kier alpha value is 3.47. The van der Waals surface area contributed by atoms with Gasteiger partial charge < -0.3 is 89.4 Å². The fraction of sp³-hybridized carbons (Fsp3) is 0. The molecule has 0 saturated carbocycles. The van der Waals surface area contributed by atoms with E-state index in [4.69, 9.17) is 0 Å². The SMILES string of the molecule is [Cl-].[Cl-].[Cl-].[Cl-].[Cl-].[O-2].[O-2].[O-2].[O-2].[O-2].[Ta+5].[Ta+5].[Ta+5]. The van der Waals surface area contributed by atoms with Crippen LogP contribution in [0.25, 0.3) is 0 Å². The van der Waals surface area contributed by atoms with Gasteiger partial charge in [-0.25, -0.2) is 0 Å². The predicted molar refractivity (Wildman–Crippen MR) is 3.43 cm³/mol. The number of halogens is 5. The molecule has 0 bridgehead atoms. The van der Waals surface area contributed by atoms with Crippen LogP contribution in [0.3, 0.4) is 0 Å². The second kappa shape index (κ2) is 269. The fourth-order valence-electron chi connectivity index (χ4n) is 0. The molecule has 0 atom stereocenters. The van der Waals surface area contributed by atoms with Gasteiger partial charge in [0.2, 0.25) is 0 Å². The molecule has 0 rings (SSSR count). The Morgan fingerprint density at radius 3 is 0.231 bits per heavy atom. The molecule has 0 saturated heterocycles. The van der Waals surface area contributed by atoms with E-state index in [1.54, 1.807) is 0 Å². The molecule has 0 aliphatic rings.